The highest BCUT2D eigenvalue weighted by Crippen LogP contribution is 1.97. The molecule has 0 bridgehead atoms. The van der Waals surface area contributed by atoms with Crippen LogP contribution in [0.5, 0.6) is 0 Å². The Morgan fingerprint density at radius 2 is 2.19 bits per heavy atom. The molecule has 1 N–H and O–H groups in total. The van der Waals surface area contributed by atoms with E-state index in [0.29, 0.717) is 39.4 Å². The van der Waals surface area contributed by atoms with Crippen molar-refractivity contribution in [1.82, 2.24) is 10.2 Å². The number of rotatable bonds is 5. The first kappa shape index (κ1) is 12.6. The minimum atomic E-state index is -0.0351. The highest BCUT2D eigenvalue weighted by Gasteiger charge is 2.15. The number of nitrogens with one attached hydrogen (secondary N) is 1. The van der Waals surface area contributed by atoms with Gasteiger partial charge in [0.25, 0.3) is 0 Å². The van der Waals surface area contributed by atoms with E-state index in [1.165, 1.54) is 0 Å². The number of morpholine rings is 1. The second kappa shape index (κ2) is 7.78. The lowest BCUT2D eigenvalue weighted by atomic mass is 10.3. The molecule has 0 radical (unpaired) electrons. The molecule has 0 unspecified atom stereocenters. The summed E-state index contributed by atoms with van der Waals surface area (Å²) >= 11 is 0. The first-order valence-corrected chi connectivity index (χ1v) is 5.46. The minimum absolute atomic E-state index is 0.0351. The molecule has 7 nitrogen and oxygen atoms in total. The summed E-state index contributed by atoms with van der Waals surface area (Å²) in [6, 6.07) is -0.0351. The highest BCUT2D eigenvalue weighted by molar-refractivity contribution is 5.74. The molecular formula is C9H17N5O2. The third-order valence-electron chi connectivity index (χ3n) is 2.32. The molecule has 0 aromatic heterocycles. The Balaban J connectivity index is 2.03. The van der Waals surface area contributed by atoms with Crippen molar-refractivity contribution in [2.45, 2.75) is 12.8 Å². The summed E-state index contributed by atoms with van der Waals surface area (Å²) < 4.78 is 5.15. The number of unbranched alkanes of at least 4 members (excludes halogenated alkanes) is 1. The summed E-state index contributed by atoms with van der Waals surface area (Å²) in [6.07, 6.45) is 1.63. The van der Waals surface area contributed by atoms with Crippen LogP contribution in [0.2, 0.25) is 0 Å². The second-order valence-corrected chi connectivity index (χ2v) is 3.49. The summed E-state index contributed by atoms with van der Waals surface area (Å²) in [5, 5.41) is 6.25. The minimum Gasteiger partial charge on any atom is -0.378 e. The molecule has 0 atom stereocenters. The molecule has 16 heavy (non-hydrogen) atoms. The number of urea groups is 1. The Bertz CT molecular complexity index is 259. The molecule has 0 spiro atoms. The number of nitrogens with zero attached hydrogens (tertiary/aromatic N) is 4. The first-order valence-electron chi connectivity index (χ1n) is 5.46. The van der Waals surface area contributed by atoms with E-state index >= 15 is 0 Å². The van der Waals surface area contributed by atoms with Crippen LogP contribution in [0.3, 0.4) is 0 Å². The Labute approximate surface area is 94.4 Å². The summed E-state index contributed by atoms with van der Waals surface area (Å²) in [7, 11) is 0. The Kier molecular flexibility index (Phi) is 6.13. The van der Waals surface area contributed by atoms with Crippen molar-refractivity contribution in [2.75, 3.05) is 39.4 Å². The smallest absolute Gasteiger partial charge is 0.317 e. The molecule has 1 saturated heterocycles. The van der Waals surface area contributed by atoms with Gasteiger partial charge in [0.1, 0.15) is 0 Å². The molecular weight excluding hydrogens is 210 g/mol. The maximum absolute atomic E-state index is 11.6. The number of carbonyl (C=O) groups excluding carboxylic acids is 1. The molecule has 1 aliphatic heterocycles. The molecule has 1 aliphatic rings. The molecule has 1 fully saturated rings. The monoisotopic (exact) mass is 227 g/mol. The second-order valence-electron chi connectivity index (χ2n) is 3.49. The topological polar surface area (TPSA) is 90.3 Å². The largest absolute Gasteiger partial charge is 0.378 e. The SMILES string of the molecule is [N-]=[N+]=NCCCCNC(=O)N1CCOCC1. The zero-order chi connectivity index (χ0) is 11.6. The predicted molar refractivity (Wildman–Crippen MR) is 59.0 cm³/mol. The molecule has 90 valence electrons. The number of ether oxygens (including phenoxy) is 1. The molecule has 0 aromatic carbocycles. The van der Waals surface area contributed by atoms with E-state index in [0.717, 1.165) is 12.8 Å². The van der Waals surface area contributed by atoms with Crippen LogP contribution in [0.1, 0.15) is 12.8 Å². The van der Waals surface area contributed by atoms with Gasteiger partial charge in [-0.05, 0) is 18.4 Å². The molecule has 0 aromatic rings. The Morgan fingerprint density at radius 3 is 2.88 bits per heavy atom. The van der Waals surface area contributed by atoms with Crippen molar-refractivity contribution in [3.05, 3.63) is 10.4 Å². The van der Waals surface area contributed by atoms with Crippen molar-refractivity contribution >= 4 is 6.03 Å². The maximum atomic E-state index is 11.6. The van der Waals surface area contributed by atoms with Gasteiger partial charge in [-0.3, -0.25) is 0 Å². The van der Waals surface area contributed by atoms with Crippen LogP contribution in [-0.2, 0) is 4.74 Å². The molecule has 0 aliphatic carbocycles. The van der Waals surface area contributed by atoms with E-state index in [2.05, 4.69) is 15.3 Å². The van der Waals surface area contributed by atoms with E-state index in [4.69, 9.17) is 10.3 Å². The van der Waals surface area contributed by atoms with Crippen LogP contribution in [-0.4, -0.2) is 50.3 Å². The summed E-state index contributed by atoms with van der Waals surface area (Å²) in [5.74, 6) is 0. The van der Waals surface area contributed by atoms with Crippen molar-refractivity contribution in [1.29, 1.82) is 0 Å². The molecule has 1 heterocycles. The van der Waals surface area contributed by atoms with Gasteiger partial charge in [-0.1, -0.05) is 5.11 Å². The molecule has 1 rings (SSSR count). The number of hydrogen-bond donors (Lipinski definition) is 1. The van der Waals surface area contributed by atoms with Gasteiger partial charge < -0.3 is 15.0 Å². The van der Waals surface area contributed by atoms with Crippen LogP contribution in [0.4, 0.5) is 4.79 Å². The van der Waals surface area contributed by atoms with E-state index < -0.39 is 0 Å². The number of amides is 2. The normalized spacial score (nSPS) is 15.4. The molecule has 0 saturated carbocycles. The van der Waals surface area contributed by atoms with Crippen LogP contribution in [0, 0.1) is 0 Å². The molecule has 2 amide bonds. The van der Waals surface area contributed by atoms with Gasteiger partial charge in [0.15, 0.2) is 0 Å². The third-order valence-corrected chi connectivity index (χ3v) is 2.32. The predicted octanol–water partition coefficient (Wildman–Crippen LogP) is 1.12. The average molecular weight is 227 g/mol. The fraction of sp³-hybridized carbons (Fsp3) is 0.889. The van der Waals surface area contributed by atoms with E-state index in [-0.39, 0.29) is 6.03 Å². The van der Waals surface area contributed by atoms with Gasteiger partial charge in [-0.25, -0.2) is 4.79 Å². The number of azide groups is 1. The van der Waals surface area contributed by atoms with Crippen molar-refractivity contribution in [2.24, 2.45) is 5.11 Å². The van der Waals surface area contributed by atoms with Gasteiger partial charge in [-0.2, -0.15) is 0 Å². The van der Waals surface area contributed by atoms with Crippen molar-refractivity contribution in [3.63, 3.8) is 0 Å². The Morgan fingerprint density at radius 1 is 1.44 bits per heavy atom. The maximum Gasteiger partial charge on any atom is 0.317 e. The summed E-state index contributed by atoms with van der Waals surface area (Å²) in [6.45, 7) is 3.66. The van der Waals surface area contributed by atoms with E-state index in [1.807, 2.05) is 0 Å². The summed E-state index contributed by atoms with van der Waals surface area (Å²) in [4.78, 5) is 16.0. The van der Waals surface area contributed by atoms with Crippen molar-refractivity contribution < 1.29 is 9.53 Å². The number of carbonyl (C=O) groups is 1. The van der Waals surface area contributed by atoms with Gasteiger partial charge in [0, 0.05) is 31.1 Å². The van der Waals surface area contributed by atoms with E-state index in [9.17, 15) is 4.79 Å². The van der Waals surface area contributed by atoms with Gasteiger partial charge >= 0.3 is 6.03 Å². The van der Waals surface area contributed by atoms with Gasteiger partial charge in [0.05, 0.1) is 13.2 Å². The Hall–Kier alpha value is -1.46. The highest BCUT2D eigenvalue weighted by atomic mass is 16.5. The van der Waals surface area contributed by atoms with Crippen LogP contribution in [0.25, 0.3) is 10.4 Å². The van der Waals surface area contributed by atoms with Gasteiger partial charge in [-0.15, -0.1) is 0 Å². The fourth-order valence-corrected chi connectivity index (χ4v) is 1.43. The van der Waals surface area contributed by atoms with E-state index in [1.54, 1.807) is 4.90 Å². The third kappa shape index (κ3) is 4.86. The standard InChI is InChI=1S/C9H17N5O2/c10-13-12-4-2-1-3-11-9(15)14-5-7-16-8-6-14/h1-8H2,(H,11,15). The van der Waals surface area contributed by atoms with Crippen LogP contribution in [0.15, 0.2) is 5.11 Å². The first-order chi connectivity index (χ1) is 7.84. The zero-order valence-corrected chi connectivity index (χ0v) is 9.26. The lowest BCUT2D eigenvalue weighted by Crippen LogP contribution is -2.46. The quantitative estimate of drug-likeness (QED) is 0.330. The molecule has 7 heteroatoms. The van der Waals surface area contributed by atoms with Crippen LogP contribution < -0.4 is 5.32 Å². The lowest BCUT2D eigenvalue weighted by molar-refractivity contribution is 0.0532. The van der Waals surface area contributed by atoms with Crippen molar-refractivity contribution in [3.8, 4) is 0 Å². The lowest BCUT2D eigenvalue weighted by Gasteiger charge is -2.26. The van der Waals surface area contributed by atoms with Crippen LogP contribution >= 0.6 is 0 Å². The number of hydrogen-bond acceptors (Lipinski definition) is 3. The zero-order valence-electron chi connectivity index (χ0n) is 9.26. The van der Waals surface area contributed by atoms with Gasteiger partial charge in [0.2, 0.25) is 0 Å². The average Bonchev–Trinajstić information content (AvgIpc) is 2.34. The fourth-order valence-electron chi connectivity index (χ4n) is 1.43. The summed E-state index contributed by atoms with van der Waals surface area (Å²) in [5.41, 5.74) is 8.05.